The number of hydrogen-bond donors (Lipinski definition) is 3. The lowest BCUT2D eigenvalue weighted by atomic mass is 10.2. The van der Waals surface area contributed by atoms with E-state index in [1.807, 2.05) is 0 Å². The Labute approximate surface area is 98.0 Å². The third-order valence-electron chi connectivity index (χ3n) is 2.45. The molecule has 1 aliphatic heterocycles. The molecule has 3 N–H and O–H groups in total. The van der Waals surface area contributed by atoms with E-state index in [0.29, 0.717) is 11.3 Å². The van der Waals surface area contributed by atoms with Gasteiger partial charge in [0.1, 0.15) is 22.9 Å². The highest BCUT2D eigenvalue weighted by Crippen LogP contribution is 2.33. The molecule has 0 aliphatic carbocycles. The Morgan fingerprint density at radius 1 is 1.29 bits per heavy atom. The molecule has 1 aliphatic rings. The Hall–Kier alpha value is -2.37. The van der Waals surface area contributed by atoms with Crippen LogP contribution >= 0.6 is 0 Å². The highest BCUT2D eigenvalue weighted by Gasteiger charge is 2.17. The Balaban J connectivity index is 2.43. The van der Waals surface area contributed by atoms with Crippen molar-refractivity contribution >= 4 is 23.4 Å². The van der Waals surface area contributed by atoms with E-state index in [9.17, 15) is 10.2 Å². The number of nitrogens with one attached hydrogen (secondary N) is 1. The summed E-state index contributed by atoms with van der Waals surface area (Å²) in [6.07, 6.45) is 1.43. The van der Waals surface area contributed by atoms with E-state index >= 15 is 0 Å². The number of nitrogens with zero attached hydrogens (tertiary/aromatic N) is 3. The molecule has 1 aromatic rings. The Kier molecular flexibility index (Phi) is 2.55. The van der Waals surface area contributed by atoms with Gasteiger partial charge in [-0.3, -0.25) is 5.41 Å². The van der Waals surface area contributed by atoms with Gasteiger partial charge in [0.05, 0.1) is 6.21 Å². The van der Waals surface area contributed by atoms with Crippen molar-refractivity contribution in [2.75, 3.05) is 7.05 Å². The molecule has 0 amide bonds. The molecule has 0 spiro atoms. The van der Waals surface area contributed by atoms with Gasteiger partial charge in [0.25, 0.3) is 0 Å². The summed E-state index contributed by atoms with van der Waals surface area (Å²) in [5, 5.41) is 32.1. The SMILES string of the molecule is Cc1cc(O)c(N=C2C=NN(C)C2=N)cc1O. The first-order valence-electron chi connectivity index (χ1n) is 4.97. The highest BCUT2D eigenvalue weighted by molar-refractivity contribution is 6.63. The zero-order valence-corrected chi connectivity index (χ0v) is 9.47. The van der Waals surface area contributed by atoms with Crippen LogP contribution in [0.3, 0.4) is 0 Å². The number of amidine groups is 1. The molecule has 6 nitrogen and oxygen atoms in total. The van der Waals surface area contributed by atoms with Crippen LogP contribution in [-0.4, -0.2) is 40.0 Å². The lowest BCUT2D eigenvalue weighted by molar-refractivity contribution is 0.458. The molecule has 0 unspecified atom stereocenters. The van der Waals surface area contributed by atoms with Crippen molar-refractivity contribution in [3.8, 4) is 11.5 Å². The predicted molar refractivity (Wildman–Crippen MR) is 65.6 cm³/mol. The molecule has 6 heteroatoms. The van der Waals surface area contributed by atoms with Gasteiger partial charge >= 0.3 is 0 Å². The summed E-state index contributed by atoms with van der Waals surface area (Å²) in [4.78, 5) is 4.08. The van der Waals surface area contributed by atoms with E-state index in [-0.39, 0.29) is 23.0 Å². The number of aromatic hydroxyl groups is 2. The topological polar surface area (TPSA) is 92.3 Å². The van der Waals surface area contributed by atoms with Gasteiger partial charge in [-0.2, -0.15) is 5.10 Å². The predicted octanol–water partition coefficient (Wildman–Crippen LogP) is 1.39. The van der Waals surface area contributed by atoms with Crippen molar-refractivity contribution in [1.29, 1.82) is 5.41 Å². The van der Waals surface area contributed by atoms with Crippen molar-refractivity contribution < 1.29 is 10.2 Å². The van der Waals surface area contributed by atoms with Gasteiger partial charge in [-0.1, -0.05) is 0 Å². The zero-order chi connectivity index (χ0) is 12.6. The third kappa shape index (κ3) is 1.96. The summed E-state index contributed by atoms with van der Waals surface area (Å²) in [6, 6.07) is 2.78. The minimum atomic E-state index is -0.0384. The number of aliphatic imine (C=N–C) groups is 1. The molecule has 0 saturated heterocycles. The van der Waals surface area contributed by atoms with E-state index in [2.05, 4.69) is 10.1 Å². The molecule has 0 aromatic heterocycles. The maximum absolute atomic E-state index is 9.68. The molecule has 2 rings (SSSR count). The number of aryl methyl sites for hydroxylation is 1. The molecule has 0 atom stereocenters. The lowest BCUT2D eigenvalue weighted by Crippen LogP contribution is -2.21. The average molecular weight is 232 g/mol. The largest absolute Gasteiger partial charge is 0.508 e. The van der Waals surface area contributed by atoms with Crippen molar-refractivity contribution in [2.24, 2.45) is 10.1 Å². The Morgan fingerprint density at radius 3 is 2.59 bits per heavy atom. The summed E-state index contributed by atoms with van der Waals surface area (Å²) in [6.45, 7) is 1.68. The van der Waals surface area contributed by atoms with Crippen LogP contribution in [0.2, 0.25) is 0 Å². The maximum atomic E-state index is 9.68. The van der Waals surface area contributed by atoms with Crippen LogP contribution in [0.25, 0.3) is 0 Å². The first-order chi connectivity index (χ1) is 7.99. The summed E-state index contributed by atoms with van der Waals surface area (Å²) in [7, 11) is 1.63. The standard InChI is InChI=1S/C11H12N4O2/c1-6-3-10(17)7(4-9(6)16)14-8-5-13-15(2)11(8)12/h3-5,12,16-17H,1-2H3. The van der Waals surface area contributed by atoms with Gasteiger partial charge in [0, 0.05) is 13.1 Å². The second-order valence-electron chi connectivity index (χ2n) is 3.74. The zero-order valence-electron chi connectivity index (χ0n) is 9.47. The summed E-state index contributed by atoms with van der Waals surface area (Å²) in [5.74, 6) is 0.157. The van der Waals surface area contributed by atoms with E-state index in [1.54, 1.807) is 14.0 Å². The Bertz CT molecular complexity index is 549. The lowest BCUT2D eigenvalue weighted by Gasteiger charge is -2.06. The number of hydrogen-bond acceptors (Lipinski definition) is 5. The van der Waals surface area contributed by atoms with Gasteiger partial charge in [0.2, 0.25) is 0 Å². The van der Waals surface area contributed by atoms with Crippen LogP contribution in [-0.2, 0) is 0 Å². The number of hydrazone groups is 1. The summed E-state index contributed by atoms with van der Waals surface area (Å²) < 4.78 is 0. The van der Waals surface area contributed by atoms with Crippen molar-refractivity contribution in [3.63, 3.8) is 0 Å². The fourth-order valence-electron chi connectivity index (χ4n) is 1.40. The van der Waals surface area contributed by atoms with Gasteiger partial charge in [-0.25, -0.2) is 10.0 Å². The quantitative estimate of drug-likeness (QED) is 0.639. The van der Waals surface area contributed by atoms with Crippen LogP contribution in [0.5, 0.6) is 11.5 Å². The molecule has 88 valence electrons. The number of benzene rings is 1. The molecular weight excluding hydrogens is 220 g/mol. The molecular formula is C11H12N4O2. The van der Waals surface area contributed by atoms with Gasteiger partial charge in [-0.15, -0.1) is 0 Å². The second kappa shape index (κ2) is 3.89. The van der Waals surface area contributed by atoms with Crippen LogP contribution in [0.1, 0.15) is 5.56 Å². The molecule has 0 radical (unpaired) electrons. The summed E-state index contributed by atoms with van der Waals surface area (Å²) in [5.41, 5.74) is 1.12. The van der Waals surface area contributed by atoms with E-state index in [4.69, 9.17) is 5.41 Å². The molecule has 0 bridgehead atoms. The van der Waals surface area contributed by atoms with E-state index in [1.165, 1.54) is 23.4 Å². The normalized spacial score (nSPS) is 17.2. The molecule has 1 aromatic carbocycles. The molecule has 0 fully saturated rings. The number of phenols is 2. The minimum absolute atomic E-state index is 0.0384. The van der Waals surface area contributed by atoms with E-state index < -0.39 is 0 Å². The van der Waals surface area contributed by atoms with E-state index in [0.717, 1.165) is 0 Å². The van der Waals surface area contributed by atoms with Crippen molar-refractivity contribution in [2.45, 2.75) is 6.92 Å². The fraction of sp³-hybridized carbons (Fsp3) is 0.182. The minimum Gasteiger partial charge on any atom is -0.508 e. The van der Waals surface area contributed by atoms with Gasteiger partial charge in [-0.05, 0) is 18.6 Å². The Morgan fingerprint density at radius 2 is 2.00 bits per heavy atom. The van der Waals surface area contributed by atoms with Gasteiger partial charge < -0.3 is 10.2 Å². The first-order valence-corrected chi connectivity index (χ1v) is 4.97. The van der Waals surface area contributed by atoms with Crippen LogP contribution in [0.15, 0.2) is 22.2 Å². The smallest absolute Gasteiger partial charge is 0.169 e. The van der Waals surface area contributed by atoms with Crippen molar-refractivity contribution in [3.05, 3.63) is 17.7 Å². The van der Waals surface area contributed by atoms with Crippen molar-refractivity contribution in [1.82, 2.24) is 5.01 Å². The fourth-order valence-corrected chi connectivity index (χ4v) is 1.40. The molecule has 0 saturated carbocycles. The van der Waals surface area contributed by atoms with Crippen LogP contribution in [0.4, 0.5) is 5.69 Å². The molecule has 17 heavy (non-hydrogen) atoms. The maximum Gasteiger partial charge on any atom is 0.169 e. The average Bonchev–Trinajstić information content (AvgIpc) is 2.58. The highest BCUT2D eigenvalue weighted by atomic mass is 16.3. The summed E-state index contributed by atoms with van der Waals surface area (Å²) >= 11 is 0. The monoisotopic (exact) mass is 232 g/mol. The first kappa shape index (κ1) is 11.1. The van der Waals surface area contributed by atoms with Gasteiger partial charge in [0.15, 0.2) is 5.84 Å². The molecule has 1 heterocycles. The third-order valence-corrected chi connectivity index (χ3v) is 2.45. The number of phenolic OH excluding ortho intramolecular Hbond substituents is 2. The van der Waals surface area contributed by atoms with Crippen LogP contribution < -0.4 is 0 Å². The van der Waals surface area contributed by atoms with Crippen LogP contribution in [0, 0.1) is 12.3 Å². The second-order valence-corrected chi connectivity index (χ2v) is 3.74. The number of rotatable bonds is 1.